The second-order valence-corrected chi connectivity index (χ2v) is 12.2. The Kier molecular flexibility index (Phi) is 8.01. The number of aliphatic hydroxyl groups excluding tert-OH is 1. The number of hydrogen-bond donors (Lipinski definition) is 1. The van der Waals surface area contributed by atoms with Gasteiger partial charge in [0.2, 0.25) is 0 Å². The number of aliphatic hydroxyl groups is 1. The molecule has 29 heavy (non-hydrogen) atoms. The minimum atomic E-state index is -0.0766. The van der Waals surface area contributed by atoms with Gasteiger partial charge in [0.1, 0.15) is 0 Å². The van der Waals surface area contributed by atoms with E-state index in [9.17, 15) is 5.11 Å². The van der Waals surface area contributed by atoms with Crippen molar-refractivity contribution in [2.75, 3.05) is 0 Å². The first kappa shape index (κ1) is 24.6. The van der Waals surface area contributed by atoms with Crippen molar-refractivity contribution in [2.45, 2.75) is 111 Å². The summed E-state index contributed by atoms with van der Waals surface area (Å²) in [7, 11) is 0. The standard InChI is InChI=1S/C27H46O.Ca.2H/c1-18(2)7-6-8-19(3)23-11-12-24-22-10-9-20-17-21(28)13-15-26(20,4)25(22)14-16-27(23,24)5;;;/h9,18-19,21-25,28H,6-8,10-17H2,1-5H3;;;/t19-,21?,22-,23-,24?,25-,26+,27-;;;/m1.../s1. The van der Waals surface area contributed by atoms with E-state index in [0.717, 1.165) is 48.3 Å². The average molecular weight is 429 g/mol. The molecule has 4 rings (SSSR count). The summed E-state index contributed by atoms with van der Waals surface area (Å²) in [6.07, 6.45) is 17.2. The van der Waals surface area contributed by atoms with E-state index < -0.39 is 0 Å². The topological polar surface area (TPSA) is 20.2 Å². The van der Waals surface area contributed by atoms with Crippen LogP contribution in [0.5, 0.6) is 0 Å². The number of fused-ring (bicyclic) bond motifs is 5. The van der Waals surface area contributed by atoms with Gasteiger partial charge in [-0.05, 0) is 97.7 Å². The summed E-state index contributed by atoms with van der Waals surface area (Å²) in [5.74, 6) is 5.46. The molecule has 1 nitrogen and oxygen atoms in total. The summed E-state index contributed by atoms with van der Waals surface area (Å²) in [4.78, 5) is 0. The fourth-order valence-corrected chi connectivity index (χ4v) is 8.67. The summed E-state index contributed by atoms with van der Waals surface area (Å²) < 4.78 is 0. The van der Waals surface area contributed by atoms with Crippen molar-refractivity contribution < 1.29 is 5.11 Å². The normalized spacial score (nSPS) is 44.9. The van der Waals surface area contributed by atoms with Crippen LogP contribution in [0.3, 0.4) is 0 Å². The van der Waals surface area contributed by atoms with Gasteiger partial charge in [-0.15, -0.1) is 0 Å². The van der Waals surface area contributed by atoms with E-state index >= 15 is 0 Å². The second-order valence-electron chi connectivity index (χ2n) is 12.2. The molecule has 0 amide bonds. The Morgan fingerprint density at radius 1 is 1.00 bits per heavy atom. The Morgan fingerprint density at radius 2 is 1.76 bits per heavy atom. The molecule has 2 heteroatoms. The molecule has 0 radical (unpaired) electrons. The first-order chi connectivity index (χ1) is 13.3. The van der Waals surface area contributed by atoms with E-state index in [1.165, 1.54) is 57.8 Å². The molecule has 0 saturated heterocycles. The van der Waals surface area contributed by atoms with Crippen LogP contribution in [0.15, 0.2) is 11.6 Å². The summed E-state index contributed by atoms with van der Waals surface area (Å²) in [5, 5.41) is 10.2. The Balaban J connectivity index is 0.00000240. The van der Waals surface area contributed by atoms with Crippen molar-refractivity contribution in [3.8, 4) is 0 Å². The Labute approximate surface area is 210 Å². The first-order valence-corrected chi connectivity index (χ1v) is 12.6. The Hall–Kier alpha value is 0.960. The molecular formula is C27H48CaO. The third kappa shape index (κ3) is 4.43. The fourth-order valence-electron chi connectivity index (χ4n) is 8.67. The summed E-state index contributed by atoms with van der Waals surface area (Å²) in [6, 6.07) is 0. The molecule has 4 aliphatic carbocycles. The molecule has 4 aliphatic rings. The summed E-state index contributed by atoms with van der Waals surface area (Å²) in [6.45, 7) is 12.6. The van der Waals surface area contributed by atoms with Gasteiger partial charge in [-0.2, -0.15) is 0 Å². The van der Waals surface area contributed by atoms with E-state index in [0.29, 0.717) is 10.8 Å². The van der Waals surface area contributed by atoms with Gasteiger partial charge in [0.15, 0.2) is 0 Å². The molecular weight excluding hydrogens is 380 g/mol. The summed E-state index contributed by atoms with van der Waals surface area (Å²) in [5.41, 5.74) is 2.60. The van der Waals surface area contributed by atoms with Crippen LogP contribution >= 0.6 is 0 Å². The monoisotopic (exact) mass is 428 g/mol. The van der Waals surface area contributed by atoms with Crippen LogP contribution in [-0.4, -0.2) is 48.9 Å². The van der Waals surface area contributed by atoms with Crippen molar-refractivity contribution in [1.29, 1.82) is 0 Å². The molecule has 0 bridgehead atoms. The van der Waals surface area contributed by atoms with Gasteiger partial charge >= 0.3 is 37.7 Å². The molecule has 0 aromatic heterocycles. The molecule has 3 saturated carbocycles. The molecule has 0 aliphatic heterocycles. The summed E-state index contributed by atoms with van der Waals surface area (Å²) >= 11 is 0. The molecule has 2 unspecified atom stereocenters. The van der Waals surface area contributed by atoms with Crippen molar-refractivity contribution in [1.82, 2.24) is 0 Å². The Morgan fingerprint density at radius 3 is 2.48 bits per heavy atom. The van der Waals surface area contributed by atoms with E-state index in [1.54, 1.807) is 5.57 Å². The van der Waals surface area contributed by atoms with Gasteiger partial charge in [-0.1, -0.05) is 65.5 Å². The quantitative estimate of drug-likeness (QED) is 0.393. The fraction of sp³-hybridized carbons (Fsp3) is 0.926. The molecule has 3 fully saturated rings. The maximum atomic E-state index is 10.2. The van der Waals surface area contributed by atoms with Crippen LogP contribution in [0.2, 0.25) is 0 Å². The van der Waals surface area contributed by atoms with Crippen LogP contribution < -0.4 is 0 Å². The third-order valence-corrected chi connectivity index (χ3v) is 10.3. The number of rotatable bonds is 5. The maximum absolute atomic E-state index is 10.2. The van der Waals surface area contributed by atoms with E-state index in [4.69, 9.17) is 0 Å². The molecule has 164 valence electrons. The van der Waals surface area contributed by atoms with Crippen LogP contribution in [0.4, 0.5) is 0 Å². The Bertz CT molecular complexity index is 597. The molecule has 0 spiro atoms. The van der Waals surface area contributed by atoms with Gasteiger partial charge < -0.3 is 5.11 Å². The van der Waals surface area contributed by atoms with Crippen LogP contribution in [-0.2, 0) is 0 Å². The second kappa shape index (κ2) is 9.44. The van der Waals surface area contributed by atoms with Crippen molar-refractivity contribution in [3.05, 3.63) is 11.6 Å². The molecule has 0 aromatic carbocycles. The van der Waals surface area contributed by atoms with Gasteiger partial charge in [0.25, 0.3) is 0 Å². The predicted molar refractivity (Wildman–Crippen MR) is 128 cm³/mol. The number of hydrogen-bond acceptors (Lipinski definition) is 1. The van der Waals surface area contributed by atoms with Crippen molar-refractivity contribution in [3.63, 3.8) is 0 Å². The zero-order valence-corrected chi connectivity index (χ0v) is 19.3. The van der Waals surface area contributed by atoms with Crippen molar-refractivity contribution in [2.24, 2.45) is 46.3 Å². The van der Waals surface area contributed by atoms with Crippen LogP contribution in [0.1, 0.15) is 105 Å². The van der Waals surface area contributed by atoms with E-state index in [2.05, 4.69) is 40.7 Å². The minimum absolute atomic E-state index is 0. The SMILES string of the molecule is CC(C)CCC[C@@H](C)[C@H]1CCC2[C@H]3CC=C4CC(O)CC[C@]4(C)[C@@H]3CC[C@@]21C.[CaH2]. The first-order valence-electron chi connectivity index (χ1n) is 12.6. The molecule has 8 atom stereocenters. The molecule has 0 heterocycles. The van der Waals surface area contributed by atoms with Crippen LogP contribution in [0, 0.1) is 46.3 Å². The molecule has 0 aromatic rings. The average Bonchev–Trinajstić information content (AvgIpc) is 2.99. The zero-order chi connectivity index (χ0) is 20.1. The number of allylic oxidation sites excluding steroid dienone is 1. The third-order valence-electron chi connectivity index (χ3n) is 10.3. The van der Waals surface area contributed by atoms with Crippen LogP contribution in [0.25, 0.3) is 0 Å². The van der Waals surface area contributed by atoms with E-state index in [-0.39, 0.29) is 43.8 Å². The van der Waals surface area contributed by atoms with Crippen molar-refractivity contribution >= 4 is 37.7 Å². The van der Waals surface area contributed by atoms with E-state index in [1.807, 2.05) is 0 Å². The van der Waals surface area contributed by atoms with Gasteiger partial charge in [-0.3, -0.25) is 0 Å². The zero-order valence-electron chi connectivity index (χ0n) is 19.3. The van der Waals surface area contributed by atoms with Gasteiger partial charge in [0, 0.05) is 0 Å². The van der Waals surface area contributed by atoms with Gasteiger partial charge in [0.05, 0.1) is 6.10 Å². The predicted octanol–water partition coefficient (Wildman–Crippen LogP) is 6.47. The molecule has 1 N–H and O–H groups in total. The van der Waals surface area contributed by atoms with Gasteiger partial charge in [-0.25, -0.2) is 0 Å².